The van der Waals surface area contributed by atoms with Crippen molar-refractivity contribution in [1.29, 1.82) is 0 Å². The first-order chi connectivity index (χ1) is 24.7. The average Bonchev–Trinajstić information content (AvgIpc) is 3.12. The number of nitrogens with zero attached hydrogens (tertiary/aromatic N) is 2. The van der Waals surface area contributed by atoms with Crippen LogP contribution in [0.2, 0.25) is 0 Å². The van der Waals surface area contributed by atoms with Gasteiger partial charge < -0.3 is 19.5 Å². The predicted molar refractivity (Wildman–Crippen MR) is 211 cm³/mol. The second-order valence-electron chi connectivity index (χ2n) is 16.5. The largest absolute Gasteiger partial charge is 0.493 e. The molecule has 51 heavy (non-hydrogen) atoms. The first kappa shape index (κ1) is 41.2. The van der Waals surface area contributed by atoms with E-state index in [2.05, 4.69) is 60.4 Å². The number of ether oxygens (including phenoxy) is 2. The monoisotopic (exact) mass is 705 g/mol. The molecular weight excluding hydrogens is 633 g/mol. The van der Waals surface area contributed by atoms with Crippen molar-refractivity contribution in [3.63, 3.8) is 0 Å². The topological polar surface area (TPSA) is 62.2 Å². The highest BCUT2D eigenvalue weighted by Crippen LogP contribution is 2.50. The van der Waals surface area contributed by atoms with Crippen LogP contribution >= 0.6 is 0 Å². The van der Waals surface area contributed by atoms with Gasteiger partial charge in [-0.25, -0.2) is 4.79 Å². The number of aliphatic hydroxyl groups is 1. The Morgan fingerprint density at radius 1 is 0.725 bits per heavy atom. The van der Waals surface area contributed by atoms with Crippen LogP contribution in [0.4, 0.5) is 4.79 Å². The van der Waals surface area contributed by atoms with E-state index in [1.54, 1.807) is 0 Å². The number of hydrogen-bond donors (Lipinski definition) is 1. The van der Waals surface area contributed by atoms with Gasteiger partial charge in [0.2, 0.25) is 0 Å². The highest BCUT2D eigenvalue weighted by molar-refractivity contribution is 5.68. The van der Waals surface area contributed by atoms with Gasteiger partial charge in [0.05, 0.1) is 17.7 Å². The lowest BCUT2D eigenvalue weighted by Crippen LogP contribution is -2.66. The predicted octanol–water partition coefficient (Wildman–Crippen LogP) is 11.2. The fourth-order valence-electron chi connectivity index (χ4n) is 8.59. The summed E-state index contributed by atoms with van der Waals surface area (Å²) in [5.41, 5.74) is 0.594. The fourth-order valence-corrected chi connectivity index (χ4v) is 8.59. The number of unbranched alkanes of at least 4 members (excludes halogenated alkanes) is 12. The summed E-state index contributed by atoms with van der Waals surface area (Å²) in [5.74, 6) is 0.870. The Balaban J connectivity index is 1.45. The number of carbonyl (C=O) groups excluding carboxylic acids is 1. The van der Waals surface area contributed by atoms with Gasteiger partial charge in [-0.05, 0) is 63.3 Å². The Labute approximate surface area is 311 Å². The molecule has 1 amide bonds. The number of hydrogen-bond acceptors (Lipinski definition) is 5. The van der Waals surface area contributed by atoms with E-state index in [0.29, 0.717) is 19.7 Å². The average molecular weight is 705 g/mol. The summed E-state index contributed by atoms with van der Waals surface area (Å²) >= 11 is 0. The van der Waals surface area contributed by atoms with Crippen LogP contribution in [0.5, 0.6) is 5.75 Å². The molecule has 1 aliphatic heterocycles. The Bertz CT molecular complexity index is 1230. The molecule has 1 atom stereocenters. The second-order valence-corrected chi connectivity index (χ2v) is 16.5. The minimum atomic E-state index is -0.827. The van der Waals surface area contributed by atoms with Crippen LogP contribution in [0.25, 0.3) is 0 Å². The summed E-state index contributed by atoms with van der Waals surface area (Å²) in [6, 6.07) is 19.2. The third-order valence-electron chi connectivity index (χ3n) is 11.4. The minimum Gasteiger partial charge on any atom is -0.493 e. The van der Waals surface area contributed by atoms with Crippen LogP contribution < -0.4 is 4.74 Å². The highest BCUT2D eigenvalue weighted by Gasteiger charge is 2.55. The van der Waals surface area contributed by atoms with Crippen molar-refractivity contribution in [3.05, 3.63) is 65.7 Å². The van der Waals surface area contributed by atoms with E-state index in [9.17, 15) is 9.90 Å². The summed E-state index contributed by atoms with van der Waals surface area (Å²) < 4.78 is 12.0. The fraction of sp³-hybridized carbons (Fsp3) is 0.711. The van der Waals surface area contributed by atoms with Gasteiger partial charge >= 0.3 is 6.09 Å². The molecule has 0 aromatic heterocycles. The Hall–Kier alpha value is -2.57. The van der Waals surface area contributed by atoms with Gasteiger partial charge in [0, 0.05) is 32.6 Å². The molecule has 6 heteroatoms. The molecule has 2 aromatic rings. The summed E-state index contributed by atoms with van der Waals surface area (Å²) in [7, 11) is 0. The molecule has 0 spiro atoms. The van der Waals surface area contributed by atoms with Crippen molar-refractivity contribution >= 4 is 6.09 Å². The highest BCUT2D eigenvalue weighted by atomic mass is 16.6. The standard InChI is InChI=1S/C45H72N2O4/c1-5-6-7-8-9-10-11-12-13-14-15-16-23-33-45(44(49)31-21-18-22-32-44,47-36-34-46(35-37-47)42(48)51-43(2,3)4)40-26-28-41(29-27-40)50-38-30-39-24-19-17-20-25-39/h17,19-20,24-29,49H,5-16,18,21-23,30-38H2,1-4H3. The first-order valence-corrected chi connectivity index (χ1v) is 20.9. The quantitative estimate of drug-likeness (QED) is 0.131. The molecule has 286 valence electrons. The van der Waals surface area contributed by atoms with Crippen molar-refractivity contribution in [1.82, 2.24) is 9.80 Å². The van der Waals surface area contributed by atoms with Crippen molar-refractivity contribution in [3.8, 4) is 5.75 Å². The molecule has 6 nitrogen and oxygen atoms in total. The van der Waals surface area contributed by atoms with E-state index in [-0.39, 0.29) is 6.09 Å². The first-order valence-electron chi connectivity index (χ1n) is 20.9. The molecule has 1 saturated carbocycles. The lowest BCUT2D eigenvalue weighted by molar-refractivity contribution is -0.152. The normalized spacial score (nSPS) is 17.9. The Kier molecular flexibility index (Phi) is 17.1. The zero-order valence-electron chi connectivity index (χ0n) is 32.9. The molecule has 0 radical (unpaired) electrons. The molecule has 0 bridgehead atoms. The number of rotatable bonds is 21. The van der Waals surface area contributed by atoms with Gasteiger partial charge in [0.1, 0.15) is 11.4 Å². The van der Waals surface area contributed by atoms with Crippen molar-refractivity contribution < 1.29 is 19.4 Å². The molecule has 1 N–H and O–H groups in total. The maximum absolute atomic E-state index is 13.0. The van der Waals surface area contributed by atoms with Gasteiger partial charge in [-0.3, -0.25) is 4.90 Å². The van der Waals surface area contributed by atoms with Crippen LogP contribution in [-0.4, -0.2) is 65.0 Å². The van der Waals surface area contributed by atoms with Gasteiger partial charge in [-0.1, -0.05) is 152 Å². The number of benzene rings is 2. The number of carbonyl (C=O) groups is 1. The molecule has 1 saturated heterocycles. The van der Waals surface area contributed by atoms with Crippen LogP contribution in [0.3, 0.4) is 0 Å². The number of piperazine rings is 1. The molecule has 2 aliphatic rings. The molecule has 1 heterocycles. The summed E-state index contributed by atoms with van der Waals surface area (Å²) in [6.07, 6.45) is 23.7. The SMILES string of the molecule is CCCCCCCCCCCCCCCC(c1ccc(OCCc2ccccc2)cc1)(N1CCN(C(=O)OC(C)(C)C)CC1)C1(O)CCCCC1. The lowest BCUT2D eigenvalue weighted by Gasteiger charge is -2.57. The lowest BCUT2D eigenvalue weighted by atomic mass is 9.64. The molecular formula is C45H72N2O4. The number of amides is 1. The summed E-state index contributed by atoms with van der Waals surface area (Å²) in [4.78, 5) is 17.4. The molecule has 2 fully saturated rings. The Morgan fingerprint density at radius 2 is 1.27 bits per heavy atom. The molecule has 2 aromatic carbocycles. The van der Waals surface area contributed by atoms with Crippen molar-refractivity contribution in [2.75, 3.05) is 32.8 Å². The molecule has 4 rings (SSSR count). The Morgan fingerprint density at radius 3 is 1.82 bits per heavy atom. The van der Waals surface area contributed by atoms with E-state index in [1.807, 2.05) is 31.7 Å². The maximum atomic E-state index is 13.0. The van der Waals surface area contributed by atoms with Gasteiger partial charge in [-0.2, -0.15) is 0 Å². The summed E-state index contributed by atoms with van der Waals surface area (Å²) in [6.45, 7) is 11.3. The zero-order chi connectivity index (χ0) is 36.4. The third kappa shape index (κ3) is 12.8. The van der Waals surface area contributed by atoms with Crippen LogP contribution in [0.1, 0.15) is 161 Å². The van der Waals surface area contributed by atoms with Crippen LogP contribution in [0, 0.1) is 0 Å². The van der Waals surface area contributed by atoms with Crippen LogP contribution in [-0.2, 0) is 16.7 Å². The second kappa shape index (κ2) is 21.2. The molecule has 1 aliphatic carbocycles. The maximum Gasteiger partial charge on any atom is 0.410 e. The van der Waals surface area contributed by atoms with Crippen LogP contribution in [0.15, 0.2) is 54.6 Å². The smallest absolute Gasteiger partial charge is 0.410 e. The zero-order valence-corrected chi connectivity index (χ0v) is 32.9. The van der Waals surface area contributed by atoms with Gasteiger partial charge in [0.25, 0.3) is 0 Å². The van der Waals surface area contributed by atoms with E-state index < -0.39 is 16.7 Å². The summed E-state index contributed by atoms with van der Waals surface area (Å²) in [5, 5.41) is 12.9. The van der Waals surface area contributed by atoms with Crippen molar-refractivity contribution in [2.45, 2.75) is 173 Å². The van der Waals surface area contributed by atoms with E-state index in [0.717, 1.165) is 63.8 Å². The van der Waals surface area contributed by atoms with Gasteiger partial charge in [-0.15, -0.1) is 0 Å². The third-order valence-corrected chi connectivity index (χ3v) is 11.4. The van der Waals surface area contributed by atoms with Crippen molar-refractivity contribution in [2.24, 2.45) is 0 Å². The van der Waals surface area contributed by atoms with E-state index in [1.165, 1.54) is 94.6 Å². The molecule has 1 unspecified atom stereocenters. The minimum absolute atomic E-state index is 0.238. The van der Waals surface area contributed by atoms with E-state index in [4.69, 9.17) is 9.47 Å². The van der Waals surface area contributed by atoms with E-state index >= 15 is 0 Å². The van der Waals surface area contributed by atoms with Gasteiger partial charge in [0.15, 0.2) is 0 Å².